The van der Waals surface area contributed by atoms with E-state index in [2.05, 4.69) is 20.7 Å². The number of carbonyl (C=O) groups excluding carboxylic acids is 2. The predicted molar refractivity (Wildman–Crippen MR) is 137 cm³/mol. The average molecular weight is 519 g/mol. The van der Waals surface area contributed by atoms with E-state index in [1.807, 2.05) is 13.8 Å². The fraction of sp³-hybridized carbons (Fsp3) is 0.375. The fourth-order valence-corrected chi connectivity index (χ4v) is 5.02. The zero-order valence-electron chi connectivity index (χ0n) is 19.7. The number of ether oxygens (including phenoxy) is 1. The van der Waals surface area contributed by atoms with Gasteiger partial charge in [0, 0.05) is 12.2 Å². The number of sulfonamides is 1. The maximum atomic E-state index is 13.0. The van der Waals surface area contributed by atoms with Gasteiger partial charge in [-0.3, -0.25) is 0 Å². The summed E-state index contributed by atoms with van der Waals surface area (Å²) in [6.45, 7) is 5.12. The van der Waals surface area contributed by atoms with Crippen LogP contribution in [0.25, 0.3) is 0 Å². The maximum Gasteiger partial charge on any atom is 0.332 e. The van der Waals surface area contributed by atoms with Gasteiger partial charge in [-0.2, -0.15) is 4.72 Å². The van der Waals surface area contributed by atoms with Crippen LogP contribution < -0.4 is 20.7 Å². The van der Waals surface area contributed by atoms with E-state index in [4.69, 9.17) is 17.0 Å². The molecule has 2 aromatic carbocycles. The third-order valence-electron chi connectivity index (χ3n) is 5.45. The lowest BCUT2D eigenvalue weighted by atomic mass is 10.1. The van der Waals surface area contributed by atoms with Gasteiger partial charge in [-0.05, 0) is 81.7 Å². The molecule has 1 saturated heterocycles. The number of nitrogens with one attached hydrogen (secondary N) is 4. The van der Waals surface area contributed by atoms with Crippen LogP contribution in [0.4, 0.5) is 5.69 Å². The first kappa shape index (κ1) is 26.7. The molecule has 35 heavy (non-hydrogen) atoms. The largest absolute Gasteiger partial charge is 0.391 e. The number of thiocarbonyl (C=S) groups is 1. The highest BCUT2D eigenvalue weighted by Gasteiger charge is 2.32. The molecule has 3 rings (SSSR count). The van der Waals surface area contributed by atoms with Gasteiger partial charge in [0.15, 0.2) is 5.11 Å². The van der Waals surface area contributed by atoms with Crippen molar-refractivity contribution in [2.45, 2.75) is 50.1 Å². The SMILES string of the molecule is CCNC(=S)Nc1ccc(C[C@H](NS(=O)(=O)c2ccc(C)cc2)C(=O)OC(=O)[C@@H]2CCCN2)cc1. The van der Waals surface area contributed by atoms with Crippen LogP contribution in [0.3, 0.4) is 0 Å². The summed E-state index contributed by atoms with van der Waals surface area (Å²) in [6.07, 6.45) is 1.36. The quantitative estimate of drug-likeness (QED) is 0.224. The number of hydrogen-bond acceptors (Lipinski definition) is 7. The molecule has 1 aliphatic heterocycles. The molecule has 0 aliphatic carbocycles. The molecular formula is C24H30N4O5S2. The van der Waals surface area contributed by atoms with Gasteiger partial charge >= 0.3 is 11.9 Å². The Bertz CT molecular complexity index is 1150. The van der Waals surface area contributed by atoms with Crippen molar-refractivity contribution in [2.75, 3.05) is 18.4 Å². The summed E-state index contributed by atoms with van der Waals surface area (Å²) in [5, 5.41) is 9.47. The Morgan fingerprint density at radius 1 is 1.14 bits per heavy atom. The molecule has 11 heteroatoms. The standard InChI is InChI=1S/C24H30N4O5S2/c1-3-25-24(34)27-18-10-8-17(9-11-18)15-21(23(30)33-22(29)20-5-4-14-26-20)28-35(31,32)19-12-6-16(2)7-13-19/h6-13,20-21,26,28H,3-5,14-15H2,1-2H3,(H2,25,27,34)/t20-,21-/m0/s1. The van der Waals surface area contributed by atoms with Gasteiger partial charge < -0.3 is 20.7 Å². The number of carbonyl (C=O) groups is 2. The minimum atomic E-state index is -4.04. The Morgan fingerprint density at radius 2 is 1.83 bits per heavy atom. The molecule has 0 bridgehead atoms. The van der Waals surface area contributed by atoms with Crippen LogP contribution in [0.5, 0.6) is 0 Å². The topological polar surface area (TPSA) is 126 Å². The minimum Gasteiger partial charge on any atom is -0.391 e. The van der Waals surface area contributed by atoms with E-state index in [9.17, 15) is 18.0 Å². The van der Waals surface area contributed by atoms with Gasteiger partial charge in [-0.1, -0.05) is 29.8 Å². The summed E-state index contributed by atoms with van der Waals surface area (Å²) in [6, 6.07) is 11.4. The molecule has 0 unspecified atom stereocenters. The summed E-state index contributed by atoms with van der Waals surface area (Å²) < 4.78 is 33.4. The van der Waals surface area contributed by atoms with E-state index in [0.29, 0.717) is 30.2 Å². The minimum absolute atomic E-state index is 0.00671. The smallest absolute Gasteiger partial charge is 0.332 e. The highest BCUT2D eigenvalue weighted by molar-refractivity contribution is 7.89. The van der Waals surface area contributed by atoms with Gasteiger partial charge in [-0.25, -0.2) is 18.0 Å². The van der Waals surface area contributed by atoms with E-state index in [-0.39, 0.29) is 11.3 Å². The lowest BCUT2D eigenvalue weighted by molar-refractivity contribution is -0.162. The van der Waals surface area contributed by atoms with Crippen LogP contribution >= 0.6 is 12.2 Å². The molecule has 188 valence electrons. The molecule has 0 saturated carbocycles. The molecule has 9 nitrogen and oxygen atoms in total. The van der Waals surface area contributed by atoms with E-state index >= 15 is 0 Å². The van der Waals surface area contributed by atoms with Gasteiger partial charge in [0.25, 0.3) is 0 Å². The van der Waals surface area contributed by atoms with Crippen molar-refractivity contribution in [1.29, 1.82) is 0 Å². The van der Waals surface area contributed by atoms with Gasteiger partial charge in [0.05, 0.1) is 4.90 Å². The van der Waals surface area contributed by atoms with E-state index in [1.165, 1.54) is 12.1 Å². The van der Waals surface area contributed by atoms with Crippen LogP contribution in [0.2, 0.25) is 0 Å². The van der Waals surface area contributed by atoms with Crippen molar-refractivity contribution in [3.63, 3.8) is 0 Å². The van der Waals surface area contributed by atoms with E-state index < -0.39 is 34.0 Å². The first-order valence-electron chi connectivity index (χ1n) is 11.4. The lowest BCUT2D eigenvalue weighted by Crippen LogP contribution is -2.45. The van der Waals surface area contributed by atoms with Gasteiger partial charge in [0.1, 0.15) is 12.1 Å². The van der Waals surface area contributed by atoms with Crippen molar-refractivity contribution >= 4 is 45.0 Å². The zero-order valence-corrected chi connectivity index (χ0v) is 21.3. The highest BCUT2D eigenvalue weighted by atomic mass is 32.2. The molecule has 2 aromatic rings. The first-order chi connectivity index (χ1) is 16.7. The Morgan fingerprint density at radius 3 is 2.43 bits per heavy atom. The number of anilines is 1. The second-order valence-electron chi connectivity index (χ2n) is 8.26. The summed E-state index contributed by atoms with van der Waals surface area (Å²) in [7, 11) is -4.04. The summed E-state index contributed by atoms with van der Waals surface area (Å²) in [5.41, 5.74) is 2.31. The predicted octanol–water partition coefficient (Wildman–Crippen LogP) is 2.01. The number of rotatable bonds is 9. The zero-order chi connectivity index (χ0) is 25.4. The molecule has 0 spiro atoms. The van der Waals surface area contributed by atoms with Crippen LogP contribution in [0, 0.1) is 6.92 Å². The molecule has 2 atom stereocenters. The molecule has 0 amide bonds. The van der Waals surface area contributed by atoms with Crippen LogP contribution in [0.1, 0.15) is 30.9 Å². The second-order valence-corrected chi connectivity index (χ2v) is 10.4. The third-order valence-corrected chi connectivity index (χ3v) is 7.18. The highest BCUT2D eigenvalue weighted by Crippen LogP contribution is 2.16. The second kappa shape index (κ2) is 12.2. The van der Waals surface area contributed by atoms with Gasteiger partial charge in [-0.15, -0.1) is 0 Å². The molecule has 1 fully saturated rings. The molecule has 1 heterocycles. The van der Waals surface area contributed by atoms with Crippen molar-refractivity contribution in [1.82, 2.24) is 15.4 Å². The average Bonchev–Trinajstić information content (AvgIpc) is 3.35. The van der Waals surface area contributed by atoms with Crippen molar-refractivity contribution in [3.05, 3.63) is 59.7 Å². The lowest BCUT2D eigenvalue weighted by Gasteiger charge is -2.19. The molecule has 4 N–H and O–H groups in total. The fourth-order valence-electron chi connectivity index (χ4n) is 3.57. The summed E-state index contributed by atoms with van der Waals surface area (Å²) in [5.74, 6) is -1.65. The van der Waals surface area contributed by atoms with Crippen LogP contribution in [-0.2, 0) is 30.8 Å². The number of esters is 2. The van der Waals surface area contributed by atoms with Crippen LogP contribution in [0.15, 0.2) is 53.4 Å². The van der Waals surface area contributed by atoms with Crippen LogP contribution in [-0.4, -0.2) is 50.6 Å². The van der Waals surface area contributed by atoms with Gasteiger partial charge in [0.2, 0.25) is 10.0 Å². The molecule has 1 aliphatic rings. The van der Waals surface area contributed by atoms with Crippen molar-refractivity contribution < 1.29 is 22.7 Å². The monoisotopic (exact) mass is 518 g/mol. The van der Waals surface area contributed by atoms with E-state index in [0.717, 1.165) is 17.7 Å². The normalized spacial score (nSPS) is 16.3. The maximum absolute atomic E-state index is 13.0. The molecular weight excluding hydrogens is 488 g/mol. The Labute approximate surface area is 211 Å². The Hall–Kier alpha value is -2.86. The number of benzene rings is 2. The molecule has 0 aromatic heterocycles. The Kier molecular flexibility index (Phi) is 9.33. The summed E-state index contributed by atoms with van der Waals surface area (Å²) in [4.78, 5) is 25.3. The van der Waals surface area contributed by atoms with Crippen molar-refractivity contribution in [2.24, 2.45) is 0 Å². The summed E-state index contributed by atoms with van der Waals surface area (Å²) >= 11 is 5.17. The Balaban J connectivity index is 1.77. The number of aryl methyl sites for hydroxylation is 1. The third kappa shape index (κ3) is 7.82. The number of hydrogen-bond donors (Lipinski definition) is 4. The first-order valence-corrected chi connectivity index (χ1v) is 13.3. The van der Waals surface area contributed by atoms with E-state index in [1.54, 1.807) is 36.4 Å². The van der Waals surface area contributed by atoms with Crippen molar-refractivity contribution in [3.8, 4) is 0 Å². The molecule has 0 radical (unpaired) electrons.